The molecule has 3 rings (SSSR count). The van der Waals surface area contributed by atoms with Crippen LogP contribution in [0.4, 0.5) is 0 Å². The smallest absolute Gasteiger partial charge is 0.191 e. The van der Waals surface area contributed by atoms with Crippen LogP contribution in [0.2, 0.25) is 0 Å². The second kappa shape index (κ2) is 7.88. The minimum absolute atomic E-state index is 0.212. The maximum Gasteiger partial charge on any atom is 0.191 e. The maximum absolute atomic E-state index is 4.33. The summed E-state index contributed by atoms with van der Waals surface area (Å²) >= 11 is 0. The van der Waals surface area contributed by atoms with Crippen molar-refractivity contribution >= 4 is 16.9 Å². The minimum Gasteiger partial charge on any atom is -0.361 e. The Balaban J connectivity index is 1.56. The Morgan fingerprint density at radius 1 is 1.16 bits per heavy atom. The quantitative estimate of drug-likeness (QED) is 0.489. The molecular formula is C21H26N4. The molecule has 4 heteroatoms. The molecule has 130 valence electrons. The summed E-state index contributed by atoms with van der Waals surface area (Å²) in [5, 5.41) is 8.15. The van der Waals surface area contributed by atoms with Crippen LogP contribution >= 0.6 is 0 Å². The van der Waals surface area contributed by atoms with Crippen LogP contribution in [0.5, 0.6) is 0 Å². The van der Waals surface area contributed by atoms with Crippen LogP contribution in [0.1, 0.15) is 29.7 Å². The van der Waals surface area contributed by atoms with E-state index < -0.39 is 0 Å². The molecule has 0 saturated carbocycles. The third-order valence-corrected chi connectivity index (χ3v) is 4.49. The Bertz CT molecular complexity index is 849. The lowest BCUT2D eigenvalue weighted by atomic mass is 10.1. The Morgan fingerprint density at radius 2 is 1.96 bits per heavy atom. The molecule has 0 radical (unpaired) electrons. The van der Waals surface area contributed by atoms with Gasteiger partial charge in [-0.2, -0.15) is 0 Å². The SMILES string of the molecule is CN=C(NCCc1c[nH]c2cc(C)ccc12)NC(C)c1ccccc1. The molecule has 0 spiro atoms. The molecule has 0 bridgehead atoms. The van der Waals surface area contributed by atoms with Crippen molar-refractivity contribution in [3.05, 3.63) is 71.4 Å². The predicted octanol–water partition coefficient (Wildman–Crippen LogP) is 3.95. The van der Waals surface area contributed by atoms with Crippen molar-refractivity contribution in [3.63, 3.8) is 0 Å². The summed E-state index contributed by atoms with van der Waals surface area (Å²) < 4.78 is 0. The number of guanidine groups is 1. The number of fused-ring (bicyclic) bond motifs is 1. The van der Waals surface area contributed by atoms with E-state index in [-0.39, 0.29) is 6.04 Å². The van der Waals surface area contributed by atoms with Gasteiger partial charge in [-0.25, -0.2) is 0 Å². The summed E-state index contributed by atoms with van der Waals surface area (Å²) in [6, 6.07) is 17.2. The van der Waals surface area contributed by atoms with Crippen LogP contribution < -0.4 is 10.6 Å². The molecule has 3 N–H and O–H groups in total. The van der Waals surface area contributed by atoms with Gasteiger partial charge < -0.3 is 15.6 Å². The van der Waals surface area contributed by atoms with E-state index in [0.717, 1.165) is 18.9 Å². The Hall–Kier alpha value is -2.75. The Kier molecular flexibility index (Phi) is 5.39. The first-order valence-electron chi connectivity index (χ1n) is 8.76. The van der Waals surface area contributed by atoms with Crippen LogP contribution in [-0.2, 0) is 6.42 Å². The highest BCUT2D eigenvalue weighted by atomic mass is 15.2. The second-order valence-electron chi connectivity index (χ2n) is 6.39. The van der Waals surface area contributed by atoms with Gasteiger partial charge in [0, 0.05) is 30.7 Å². The molecule has 0 amide bonds. The highest BCUT2D eigenvalue weighted by Crippen LogP contribution is 2.19. The lowest BCUT2D eigenvalue weighted by Crippen LogP contribution is -2.39. The first-order valence-corrected chi connectivity index (χ1v) is 8.76. The van der Waals surface area contributed by atoms with Crippen LogP contribution in [0.15, 0.2) is 59.7 Å². The van der Waals surface area contributed by atoms with Crippen molar-refractivity contribution in [2.24, 2.45) is 4.99 Å². The monoisotopic (exact) mass is 334 g/mol. The van der Waals surface area contributed by atoms with E-state index in [1.54, 1.807) is 0 Å². The molecule has 0 aliphatic heterocycles. The number of H-pyrrole nitrogens is 1. The molecule has 0 saturated heterocycles. The zero-order chi connectivity index (χ0) is 17.6. The van der Waals surface area contributed by atoms with Gasteiger partial charge in [-0.1, -0.05) is 42.5 Å². The van der Waals surface area contributed by atoms with E-state index in [4.69, 9.17) is 0 Å². The number of benzene rings is 2. The highest BCUT2D eigenvalue weighted by molar-refractivity contribution is 5.84. The van der Waals surface area contributed by atoms with Crippen LogP contribution in [-0.4, -0.2) is 24.5 Å². The van der Waals surface area contributed by atoms with E-state index >= 15 is 0 Å². The number of aromatic nitrogens is 1. The van der Waals surface area contributed by atoms with Crippen molar-refractivity contribution < 1.29 is 0 Å². The van der Waals surface area contributed by atoms with Gasteiger partial charge in [0.1, 0.15) is 0 Å². The number of aliphatic imine (C=N–C) groups is 1. The third-order valence-electron chi connectivity index (χ3n) is 4.49. The minimum atomic E-state index is 0.212. The van der Waals surface area contributed by atoms with E-state index in [1.807, 2.05) is 13.1 Å². The summed E-state index contributed by atoms with van der Waals surface area (Å²) in [5.41, 5.74) is 5.06. The van der Waals surface area contributed by atoms with Gasteiger partial charge in [0.05, 0.1) is 6.04 Å². The average molecular weight is 334 g/mol. The summed E-state index contributed by atoms with van der Waals surface area (Å²) in [6.45, 7) is 5.09. The van der Waals surface area contributed by atoms with Gasteiger partial charge in [0.25, 0.3) is 0 Å². The fourth-order valence-corrected chi connectivity index (χ4v) is 3.05. The summed E-state index contributed by atoms with van der Waals surface area (Å²) in [4.78, 5) is 7.69. The predicted molar refractivity (Wildman–Crippen MR) is 106 cm³/mol. The standard InChI is InChI=1S/C21H26N4/c1-15-9-10-19-18(14-24-20(19)13-15)11-12-23-21(22-3)25-16(2)17-7-5-4-6-8-17/h4-10,13-14,16,24H,11-12H2,1-3H3,(H2,22,23,25). The molecule has 0 aliphatic rings. The van der Waals surface area contributed by atoms with E-state index in [2.05, 4.69) is 83.1 Å². The number of nitrogens with zero attached hydrogens (tertiary/aromatic N) is 1. The topological polar surface area (TPSA) is 52.2 Å². The number of aryl methyl sites for hydroxylation is 1. The summed E-state index contributed by atoms with van der Waals surface area (Å²) in [5.74, 6) is 0.826. The summed E-state index contributed by atoms with van der Waals surface area (Å²) in [7, 11) is 1.81. The van der Waals surface area contributed by atoms with Gasteiger partial charge >= 0.3 is 0 Å². The van der Waals surface area contributed by atoms with Crippen molar-refractivity contribution in [2.75, 3.05) is 13.6 Å². The number of rotatable bonds is 5. The molecule has 1 unspecified atom stereocenters. The average Bonchev–Trinajstić information content (AvgIpc) is 3.03. The highest BCUT2D eigenvalue weighted by Gasteiger charge is 2.08. The molecule has 1 heterocycles. The van der Waals surface area contributed by atoms with Gasteiger partial charge in [-0.15, -0.1) is 0 Å². The summed E-state index contributed by atoms with van der Waals surface area (Å²) in [6.07, 6.45) is 3.05. The number of aromatic amines is 1. The van der Waals surface area contributed by atoms with Crippen molar-refractivity contribution in [1.29, 1.82) is 0 Å². The van der Waals surface area contributed by atoms with Gasteiger partial charge in [-0.3, -0.25) is 4.99 Å². The lowest BCUT2D eigenvalue weighted by Gasteiger charge is -2.18. The van der Waals surface area contributed by atoms with Gasteiger partial charge in [0.2, 0.25) is 0 Å². The first kappa shape index (κ1) is 17.1. The second-order valence-corrected chi connectivity index (χ2v) is 6.39. The van der Waals surface area contributed by atoms with E-state index in [1.165, 1.54) is 27.6 Å². The normalized spacial score (nSPS) is 13.0. The number of hydrogen-bond acceptors (Lipinski definition) is 1. The van der Waals surface area contributed by atoms with Crippen molar-refractivity contribution in [1.82, 2.24) is 15.6 Å². The van der Waals surface area contributed by atoms with Crippen LogP contribution in [0.3, 0.4) is 0 Å². The molecule has 1 atom stereocenters. The molecule has 25 heavy (non-hydrogen) atoms. The van der Waals surface area contributed by atoms with Crippen molar-refractivity contribution in [3.8, 4) is 0 Å². The Labute approximate surface area is 149 Å². The molecular weight excluding hydrogens is 308 g/mol. The molecule has 0 aliphatic carbocycles. The Morgan fingerprint density at radius 3 is 2.72 bits per heavy atom. The first-order chi connectivity index (χ1) is 12.2. The number of hydrogen-bond donors (Lipinski definition) is 3. The zero-order valence-corrected chi connectivity index (χ0v) is 15.1. The fraction of sp³-hybridized carbons (Fsp3) is 0.286. The largest absolute Gasteiger partial charge is 0.361 e. The number of nitrogens with one attached hydrogen (secondary N) is 3. The lowest BCUT2D eigenvalue weighted by molar-refractivity contribution is 0.684. The molecule has 1 aromatic heterocycles. The van der Waals surface area contributed by atoms with Crippen LogP contribution in [0, 0.1) is 6.92 Å². The zero-order valence-electron chi connectivity index (χ0n) is 15.1. The van der Waals surface area contributed by atoms with E-state index in [9.17, 15) is 0 Å². The third kappa shape index (κ3) is 4.21. The molecule has 3 aromatic rings. The van der Waals surface area contributed by atoms with Crippen molar-refractivity contribution in [2.45, 2.75) is 26.3 Å². The molecule has 2 aromatic carbocycles. The van der Waals surface area contributed by atoms with E-state index in [0.29, 0.717) is 0 Å². The maximum atomic E-state index is 4.33. The molecule has 0 fully saturated rings. The van der Waals surface area contributed by atoms with Crippen LogP contribution in [0.25, 0.3) is 10.9 Å². The fourth-order valence-electron chi connectivity index (χ4n) is 3.05. The van der Waals surface area contributed by atoms with Gasteiger partial charge in [0.15, 0.2) is 5.96 Å². The molecule has 4 nitrogen and oxygen atoms in total. The van der Waals surface area contributed by atoms with Gasteiger partial charge in [-0.05, 0) is 43.0 Å².